The van der Waals surface area contributed by atoms with Crippen LogP contribution in [-0.4, -0.2) is 46.4 Å². The molecule has 3 unspecified atom stereocenters. The molecule has 5 heteroatoms. The number of nitrogens with zero attached hydrogens (tertiary/aromatic N) is 3. The molecule has 0 radical (unpaired) electrons. The van der Waals surface area contributed by atoms with E-state index in [2.05, 4.69) is 28.9 Å². The summed E-state index contributed by atoms with van der Waals surface area (Å²) < 4.78 is 5.86. The van der Waals surface area contributed by atoms with Gasteiger partial charge in [-0.1, -0.05) is 6.92 Å². The number of aromatic nitrogens is 2. The zero-order valence-corrected chi connectivity index (χ0v) is 12.0. The summed E-state index contributed by atoms with van der Waals surface area (Å²) in [6.07, 6.45) is 2.14. The Morgan fingerprint density at radius 1 is 1.47 bits per heavy atom. The molecule has 1 fully saturated rings. The normalized spacial score (nSPS) is 26.1. The van der Waals surface area contributed by atoms with Gasteiger partial charge in [0.15, 0.2) is 0 Å². The van der Waals surface area contributed by atoms with Crippen LogP contribution >= 0.6 is 0 Å². The van der Waals surface area contributed by atoms with Crippen molar-refractivity contribution in [2.75, 3.05) is 13.1 Å². The van der Waals surface area contributed by atoms with Crippen LogP contribution in [-0.2, 0) is 0 Å². The molecular formula is C14H24N4O. The second kappa shape index (κ2) is 6.30. The number of likely N-dealkylation sites (tertiary alicyclic amines) is 1. The summed E-state index contributed by atoms with van der Waals surface area (Å²) >= 11 is 0. The number of rotatable bonds is 4. The van der Waals surface area contributed by atoms with Gasteiger partial charge in [0.25, 0.3) is 0 Å². The van der Waals surface area contributed by atoms with Crippen LogP contribution in [0.2, 0.25) is 0 Å². The first-order valence-corrected chi connectivity index (χ1v) is 7.06. The van der Waals surface area contributed by atoms with Crippen molar-refractivity contribution in [2.24, 2.45) is 5.73 Å². The van der Waals surface area contributed by atoms with E-state index in [1.54, 1.807) is 0 Å². The fourth-order valence-electron chi connectivity index (χ4n) is 2.40. The van der Waals surface area contributed by atoms with Gasteiger partial charge in [-0.2, -0.15) is 5.10 Å². The van der Waals surface area contributed by atoms with Crippen molar-refractivity contribution < 1.29 is 4.74 Å². The maximum Gasteiger partial charge on any atom is 0.233 e. The SMILES string of the molecule is CCC(C)N1CCC(Oc2ccc(C)nn2)C(N)C1. The topological polar surface area (TPSA) is 64.3 Å². The van der Waals surface area contributed by atoms with Crippen LogP contribution in [0, 0.1) is 6.92 Å². The summed E-state index contributed by atoms with van der Waals surface area (Å²) in [5.41, 5.74) is 7.12. The molecule has 1 aromatic rings. The Morgan fingerprint density at radius 2 is 2.26 bits per heavy atom. The second-order valence-corrected chi connectivity index (χ2v) is 5.37. The van der Waals surface area contributed by atoms with Gasteiger partial charge in [-0.25, -0.2) is 0 Å². The molecule has 2 heterocycles. The molecule has 5 nitrogen and oxygen atoms in total. The molecule has 2 N–H and O–H groups in total. The molecule has 3 atom stereocenters. The van der Waals surface area contributed by atoms with Gasteiger partial charge in [0.1, 0.15) is 6.10 Å². The standard InChI is InChI=1S/C14H24N4O/c1-4-11(3)18-8-7-13(12(15)9-18)19-14-6-5-10(2)16-17-14/h5-6,11-13H,4,7-9,15H2,1-3H3. The van der Waals surface area contributed by atoms with E-state index in [-0.39, 0.29) is 12.1 Å². The van der Waals surface area contributed by atoms with Gasteiger partial charge < -0.3 is 10.5 Å². The van der Waals surface area contributed by atoms with E-state index in [1.165, 1.54) is 0 Å². The summed E-state index contributed by atoms with van der Waals surface area (Å²) in [4.78, 5) is 2.44. The number of ether oxygens (including phenoxy) is 1. The van der Waals surface area contributed by atoms with E-state index in [1.807, 2.05) is 19.1 Å². The fraction of sp³-hybridized carbons (Fsp3) is 0.714. The maximum absolute atomic E-state index is 6.22. The molecule has 1 aromatic heterocycles. The molecule has 0 aromatic carbocycles. The molecular weight excluding hydrogens is 240 g/mol. The molecule has 19 heavy (non-hydrogen) atoms. The Bertz CT molecular complexity index is 395. The fourth-order valence-corrected chi connectivity index (χ4v) is 2.40. The zero-order chi connectivity index (χ0) is 13.8. The molecule has 0 saturated carbocycles. The van der Waals surface area contributed by atoms with Gasteiger partial charge in [-0.05, 0) is 32.8 Å². The molecule has 0 aliphatic carbocycles. The van der Waals surface area contributed by atoms with Crippen LogP contribution in [0.4, 0.5) is 0 Å². The summed E-state index contributed by atoms with van der Waals surface area (Å²) in [5.74, 6) is 0.572. The van der Waals surface area contributed by atoms with Crippen LogP contribution in [0.3, 0.4) is 0 Å². The Kier molecular flexibility index (Phi) is 4.71. The molecule has 0 bridgehead atoms. The molecule has 0 spiro atoms. The summed E-state index contributed by atoms with van der Waals surface area (Å²) in [5, 5.41) is 8.04. The molecule has 1 saturated heterocycles. The zero-order valence-electron chi connectivity index (χ0n) is 12.0. The number of piperidine rings is 1. The lowest BCUT2D eigenvalue weighted by Gasteiger charge is -2.39. The van der Waals surface area contributed by atoms with Crippen LogP contribution in [0.25, 0.3) is 0 Å². The van der Waals surface area contributed by atoms with Crippen molar-refractivity contribution in [3.05, 3.63) is 17.8 Å². The largest absolute Gasteiger partial charge is 0.472 e. The van der Waals surface area contributed by atoms with Gasteiger partial charge in [-0.3, -0.25) is 4.90 Å². The van der Waals surface area contributed by atoms with Crippen LogP contribution < -0.4 is 10.5 Å². The second-order valence-electron chi connectivity index (χ2n) is 5.37. The Morgan fingerprint density at radius 3 is 2.84 bits per heavy atom. The van der Waals surface area contributed by atoms with E-state index in [0.717, 1.165) is 31.6 Å². The van der Waals surface area contributed by atoms with Crippen LogP contribution in [0.15, 0.2) is 12.1 Å². The lowest BCUT2D eigenvalue weighted by Crippen LogP contribution is -2.55. The molecule has 0 amide bonds. The van der Waals surface area contributed by atoms with E-state index in [9.17, 15) is 0 Å². The quantitative estimate of drug-likeness (QED) is 0.889. The molecule has 1 aliphatic rings. The first-order valence-electron chi connectivity index (χ1n) is 7.06. The molecule has 2 rings (SSSR count). The molecule has 1 aliphatic heterocycles. The highest BCUT2D eigenvalue weighted by Gasteiger charge is 2.30. The van der Waals surface area contributed by atoms with Gasteiger partial charge in [-0.15, -0.1) is 5.10 Å². The van der Waals surface area contributed by atoms with Crippen molar-refractivity contribution in [2.45, 2.75) is 51.8 Å². The highest BCUT2D eigenvalue weighted by molar-refractivity contribution is 5.11. The predicted octanol–water partition coefficient (Wildman–Crippen LogP) is 1.36. The number of hydrogen-bond acceptors (Lipinski definition) is 5. The minimum Gasteiger partial charge on any atom is -0.472 e. The van der Waals surface area contributed by atoms with Gasteiger partial charge >= 0.3 is 0 Å². The van der Waals surface area contributed by atoms with Crippen LogP contribution in [0.1, 0.15) is 32.4 Å². The Labute approximate surface area is 115 Å². The van der Waals surface area contributed by atoms with E-state index in [0.29, 0.717) is 11.9 Å². The lowest BCUT2D eigenvalue weighted by atomic mass is 10.0. The first-order chi connectivity index (χ1) is 9.10. The van der Waals surface area contributed by atoms with E-state index < -0.39 is 0 Å². The number of nitrogens with two attached hydrogens (primary N) is 1. The van der Waals surface area contributed by atoms with Crippen molar-refractivity contribution in [3.8, 4) is 5.88 Å². The average molecular weight is 264 g/mol. The smallest absolute Gasteiger partial charge is 0.233 e. The lowest BCUT2D eigenvalue weighted by molar-refractivity contribution is 0.0571. The Hall–Kier alpha value is -1.20. The minimum absolute atomic E-state index is 0.0332. The van der Waals surface area contributed by atoms with E-state index >= 15 is 0 Å². The number of aryl methyl sites for hydroxylation is 1. The van der Waals surface area contributed by atoms with Gasteiger partial charge in [0.05, 0.1) is 11.7 Å². The van der Waals surface area contributed by atoms with Gasteiger partial charge in [0, 0.05) is 25.2 Å². The highest BCUT2D eigenvalue weighted by atomic mass is 16.5. The summed E-state index contributed by atoms with van der Waals surface area (Å²) in [6.45, 7) is 8.29. The monoisotopic (exact) mass is 264 g/mol. The third-order valence-corrected chi connectivity index (χ3v) is 3.88. The summed E-state index contributed by atoms with van der Waals surface area (Å²) in [7, 11) is 0. The van der Waals surface area contributed by atoms with Crippen molar-refractivity contribution >= 4 is 0 Å². The van der Waals surface area contributed by atoms with Gasteiger partial charge in [0.2, 0.25) is 5.88 Å². The Balaban J connectivity index is 1.91. The van der Waals surface area contributed by atoms with Crippen molar-refractivity contribution in [3.63, 3.8) is 0 Å². The number of hydrogen-bond donors (Lipinski definition) is 1. The van der Waals surface area contributed by atoms with Crippen LogP contribution in [0.5, 0.6) is 5.88 Å². The first kappa shape index (κ1) is 14.2. The van der Waals surface area contributed by atoms with Crippen molar-refractivity contribution in [1.29, 1.82) is 0 Å². The third-order valence-electron chi connectivity index (χ3n) is 3.88. The highest BCUT2D eigenvalue weighted by Crippen LogP contribution is 2.18. The van der Waals surface area contributed by atoms with Crippen molar-refractivity contribution in [1.82, 2.24) is 15.1 Å². The molecule has 106 valence electrons. The summed E-state index contributed by atoms with van der Waals surface area (Å²) in [6, 6.07) is 4.38. The van der Waals surface area contributed by atoms with E-state index in [4.69, 9.17) is 10.5 Å². The average Bonchev–Trinajstić information content (AvgIpc) is 2.42. The maximum atomic E-state index is 6.22. The minimum atomic E-state index is 0.0332. The third kappa shape index (κ3) is 3.64. The predicted molar refractivity (Wildman–Crippen MR) is 75.1 cm³/mol.